The Bertz CT molecular complexity index is 310. The molecular weight excluding hydrogens is 244 g/mol. The lowest BCUT2D eigenvalue weighted by atomic mass is 9.89. The van der Waals surface area contributed by atoms with Gasteiger partial charge in [-0.25, -0.2) is 4.79 Å². The number of carbonyl (C=O) groups is 2. The molecule has 0 bridgehead atoms. The highest BCUT2D eigenvalue weighted by Crippen LogP contribution is 2.27. The van der Waals surface area contributed by atoms with E-state index in [-0.39, 0.29) is 11.8 Å². The summed E-state index contributed by atoms with van der Waals surface area (Å²) in [6.07, 6.45) is 4.93. The van der Waals surface area contributed by atoms with E-state index in [1.165, 1.54) is 0 Å². The number of carboxylic acids is 1. The van der Waals surface area contributed by atoms with Gasteiger partial charge in [0, 0.05) is 12.5 Å². The van der Waals surface area contributed by atoms with Crippen molar-refractivity contribution in [1.29, 1.82) is 0 Å². The van der Waals surface area contributed by atoms with Gasteiger partial charge < -0.3 is 15.7 Å². The molecule has 1 rings (SSSR count). The first kappa shape index (κ1) is 16.0. The van der Waals surface area contributed by atoms with Crippen molar-refractivity contribution in [3.05, 3.63) is 0 Å². The molecule has 110 valence electrons. The number of hydrogen-bond donors (Lipinski definition) is 3. The Labute approximate surface area is 115 Å². The van der Waals surface area contributed by atoms with Crippen molar-refractivity contribution in [3.63, 3.8) is 0 Å². The van der Waals surface area contributed by atoms with Crippen LogP contribution in [0.5, 0.6) is 0 Å². The summed E-state index contributed by atoms with van der Waals surface area (Å²) in [7, 11) is 0. The summed E-state index contributed by atoms with van der Waals surface area (Å²) in [4.78, 5) is 23.7. The highest BCUT2D eigenvalue weighted by atomic mass is 16.4. The molecule has 5 heteroatoms. The first-order valence-corrected chi connectivity index (χ1v) is 7.28. The quantitative estimate of drug-likeness (QED) is 0.640. The third kappa shape index (κ3) is 4.49. The van der Waals surface area contributed by atoms with Gasteiger partial charge in [0.1, 0.15) is 5.54 Å². The maximum Gasteiger partial charge on any atom is 0.329 e. The minimum atomic E-state index is -1.05. The highest BCUT2D eigenvalue weighted by Gasteiger charge is 2.40. The van der Waals surface area contributed by atoms with Crippen molar-refractivity contribution < 1.29 is 14.7 Å². The van der Waals surface area contributed by atoms with E-state index in [9.17, 15) is 14.7 Å². The summed E-state index contributed by atoms with van der Waals surface area (Å²) in [6, 6.07) is 0. The fourth-order valence-corrected chi connectivity index (χ4v) is 2.54. The number of nitrogens with one attached hydrogen (secondary N) is 2. The highest BCUT2D eigenvalue weighted by molar-refractivity contribution is 5.88. The second-order valence-corrected chi connectivity index (χ2v) is 5.50. The molecule has 1 aliphatic carbocycles. The lowest BCUT2D eigenvalue weighted by molar-refractivity contribution is -0.149. The number of aliphatic carboxylic acids is 1. The fraction of sp³-hybridized carbons (Fsp3) is 0.857. The van der Waals surface area contributed by atoms with Crippen LogP contribution in [0.15, 0.2) is 0 Å². The molecule has 1 atom stereocenters. The molecule has 0 spiro atoms. The van der Waals surface area contributed by atoms with Crippen LogP contribution in [0.1, 0.15) is 52.4 Å². The van der Waals surface area contributed by atoms with Crippen LogP contribution in [0.25, 0.3) is 0 Å². The summed E-state index contributed by atoms with van der Waals surface area (Å²) >= 11 is 0. The monoisotopic (exact) mass is 270 g/mol. The molecule has 0 heterocycles. The Morgan fingerprint density at radius 3 is 2.26 bits per heavy atom. The molecule has 3 N–H and O–H groups in total. The molecule has 5 nitrogen and oxygen atoms in total. The van der Waals surface area contributed by atoms with Gasteiger partial charge in [-0.1, -0.05) is 39.5 Å². The predicted molar refractivity (Wildman–Crippen MR) is 73.9 cm³/mol. The third-order valence-corrected chi connectivity index (χ3v) is 3.88. The van der Waals surface area contributed by atoms with Crippen LogP contribution in [-0.4, -0.2) is 35.6 Å². The molecule has 0 radical (unpaired) electrons. The van der Waals surface area contributed by atoms with Crippen LogP contribution < -0.4 is 10.6 Å². The van der Waals surface area contributed by atoms with Crippen molar-refractivity contribution in [2.45, 2.75) is 57.9 Å². The second kappa shape index (κ2) is 7.48. The zero-order valence-corrected chi connectivity index (χ0v) is 12.0. The Morgan fingerprint density at radius 1 is 1.21 bits per heavy atom. The summed E-state index contributed by atoms with van der Waals surface area (Å²) in [6.45, 7) is 5.19. The zero-order chi connectivity index (χ0) is 14.3. The van der Waals surface area contributed by atoms with Crippen LogP contribution in [-0.2, 0) is 9.59 Å². The van der Waals surface area contributed by atoms with Gasteiger partial charge in [0.2, 0.25) is 5.91 Å². The largest absolute Gasteiger partial charge is 0.480 e. The normalized spacial score (nSPS) is 20.3. The fourth-order valence-electron chi connectivity index (χ4n) is 2.54. The minimum absolute atomic E-state index is 0.162. The molecule has 19 heavy (non-hydrogen) atoms. The average Bonchev–Trinajstić information content (AvgIpc) is 2.62. The van der Waals surface area contributed by atoms with Crippen LogP contribution in [0.2, 0.25) is 0 Å². The molecular formula is C14H26N2O3. The average molecular weight is 270 g/mol. The molecule has 0 aliphatic heterocycles. The number of amides is 1. The smallest absolute Gasteiger partial charge is 0.329 e. The lowest BCUT2D eigenvalue weighted by Crippen LogP contribution is -2.56. The van der Waals surface area contributed by atoms with Gasteiger partial charge in [-0.15, -0.1) is 0 Å². The molecule has 0 saturated heterocycles. The van der Waals surface area contributed by atoms with Crippen molar-refractivity contribution in [2.24, 2.45) is 5.92 Å². The van der Waals surface area contributed by atoms with E-state index < -0.39 is 11.5 Å². The standard InChI is InChI=1S/C14H26N2O3/c1-3-15-10-11(2)12(17)16-14(13(18)19)8-6-4-5-7-9-14/h11,15H,3-10H2,1-2H3,(H,16,17)(H,18,19). The molecule has 0 aromatic rings. The summed E-state index contributed by atoms with van der Waals surface area (Å²) in [5.41, 5.74) is -1.05. The van der Waals surface area contributed by atoms with Gasteiger partial charge in [0.05, 0.1) is 0 Å². The maximum atomic E-state index is 12.1. The summed E-state index contributed by atoms with van der Waals surface area (Å²) < 4.78 is 0. The third-order valence-electron chi connectivity index (χ3n) is 3.88. The summed E-state index contributed by atoms with van der Waals surface area (Å²) in [5.74, 6) is -1.26. The number of carbonyl (C=O) groups excluding carboxylic acids is 1. The Hall–Kier alpha value is -1.10. The van der Waals surface area contributed by atoms with Crippen LogP contribution >= 0.6 is 0 Å². The summed E-state index contributed by atoms with van der Waals surface area (Å²) in [5, 5.41) is 15.4. The minimum Gasteiger partial charge on any atom is -0.480 e. The van der Waals surface area contributed by atoms with E-state index >= 15 is 0 Å². The van der Waals surface area contributed by atoms with Crippen LogP contribution in [0.4, 0.5) is 0 Å². The molecule has 0 aromatic carbocycles. The Morgan fingerprint density at radius 2 is 1.79 bits per heavy atom. The van der Waals surface area contributed by atoms with Gasteiger partial charge in [0.25, 0.3) is 0 Å². The van der Waals surface area contributed by atoms with E-state index in [0.29, 0.717) is 19.4 Å². The van der Waals surface area contributed by atoms with Gasteiger partial charge in [-0.05, 0) is 19.4 Å². The maximum absolute atomic E-state index is 12.1. The number of hydrogen-bond acceptors (Lipinski definition) is 3. The van der Waals surface area contributed by atoms with E-state index in [2.05, 4.69) is 10.6 Å². The van der Waals surface area contributed by atoms with Crippen molar-refractivity contribution in [3.8, 4) is 0 Å². The molecule has 1 amide bonds. The van der Waals surface area contributed by atoms with Crippen molar-refractivity contribution in [2.75, 3.05) is 13.1 Å². The lowest BCUT2D eigenvalue weighted by Gasteiger charge is -2.30. The van der Waals surface area contributed by atoms with Crippen molar-refractivity contribution in [1.82, 2.24) is 10.6 Å². The van der Waals surface area contributed by atoms with Crippen LogP contribution in [0, 0.1) is 5.92 Å². The van der Waals surface area contributed by atoms with Gasteiger partial charge in [-0.3, -0.25) is 4.79 Å². The molecule has 1 saturated carbocycles. The van der Waals surface area contributed by atoms with Gasteiger partial charge in [-0.2, -0.15) is 0 Å². The SMILES string of the molecule is CCNCC(C)C(=O)NC1(C(=O)O)CCCCCC1. The van der Waals surface area contributed by atoms with Crippen LogP contribution in [0.3, 0.4) is 0 Å². The van der Waals surface area contributed by atoms with E-state index in [0.717, 1.165) is 32.2 Å². The van der Waals surface area contributed by atoms with E-state index in [1.54, 1.807) is 0 Å². The van der Waals surface area contributed by atoms with Gasteiger partial charge >= 0.3 is 5.97 Å². The van der Waals surface area contributed by atoms with E-state index in [4.69, 9.17) is 0 Å². The zero-order valence-electron chi connectivity index (χ0n) is 12.0. The Kier molecular flexibility index (Phi) is 6.28. The second-order valence-electron chi connectivity index (χ2n) is 5.50. The molecule has 1 aliphatic rings. The van der Waals surface area contributed by atoms with Crippen molar-refractivity contribution >= 4 is 11.9 Å². The van der Waals surface area contributed by atoms with Gasteiger partial charge in [0.15, 0.2) is 0 Å². The molecule has 1 unspecified atom stereocenters. The number of rotatable bonds is 6. The predicted octanol–water partition coefficient (Wildman–Crippen LogP) is 1.53. The Balaban J connectivity index is 2.67. The molecule has 0 aromatic heterocycles. The first-order chi connectivity index (χ1) is 9.02. The topological polar surface area (TPSA) is 78.4 Å². The first-order valence-electron chi connectivity index (χ1n) is 7.28. The van der Waals surface area contributed by atoms with E-state index in [1.807, 2.05) is 13.8 Å². The number of carboxylic acid groups (broad SMARTS) is 1. The molecule has 1 fully saturated rings.